The Kier molecular flexibility index (Phi) is 1.25. The van der Waals surface area contributed by atoms with Gasteiger partial charge in [0.15, 0.2) is 0 Å². The second kappa shape index (κ2) is 2.23. The third-order valence-electron chi connectivity index (χ3n) is 1.58. The van der Waals surface area contributed by atoms with Gasteiger partial charge in [-0.05, 0) is 6.07 Å². The fourth-order valence-corrected chi connectivity index (χ4v) is 0.979. The normalized spacial score (nSPS) is 10.3. The predicted molar refractivity (Wildman–Crippen MR) is 43.4 cm³/mol. The number of nitrogens with one attached hydrogen (secondary N) is 2. The number of H-pyrrole nitrogens is 1. The summed E-state index contributed by atoms with van der Waals surface area (Å²) in [6.45, 7) is 0. The lowest BCUT2D eigenvalue weighted by Gasteiger charge is -1.95. The van der Waals surface area contributed by atoms with Crippen molar-refractivity contribution in [3.63, 3.8) is 0 Å². The lowest BCUT2D eigenvalue weighted by molar-refractivity contribution is 1.11. The summed E-state index contributed by atoms with van der Waals surface area (Å²) < 4.78 is 0. The second-order valence-electron chi connectivity index (χ2n) is 2.28. The minimum absolute atomic E-state index is 0.860. The van der Waals surface area contributed by atoms with Gasteiger partial charge in [-0.25, -0.2) is 4.98 Å². The predicted octanol–water partition coefficient (Wildman–Crippen LogP) is 1.000. The summed E-state index contributed by atoms with van der Waals surface area (Å²) in [4.78, 5) is 4.12. The highest BCUT2D eigenvalue weighted by molar-refractivity contribution is 5.79. The number of hydrogen-bond donors (Lipinski definition) is 2. The molecule has 0 aromatic carbocycles. The van der Waals surface area contributed by atoms with Crippen molar-refractivity contribution in [3.8, 4) is 0 Å². The van der Waals surface area contributed by atoms with Crippen LogP contribution in [0, 0.1) is 0 Å². The number of aromatic nitrogens is 3. The van der Waals surface area contributed by atoms with Crippen molar-refractivity contribution < 1.29 is 0 Å². The molecule has 2 aromatic rings. The Bertz CT molecular complexity index is 365. The molecule has 0 fully saturated rings. The van der Waals surface area contributed by atoms with Crippen molar-refractivity contribution in [2.45, 2.75) is 0 Å². The molecule has 2 N–H and O–H groups in total. The molecule has 0 aliphatic rings. The largest absolute Gasteiger partial charge is 0.373 e. The van der Waals surface area contributed by atoms with E-state index in [-0.39, 0.29) is 0 Å². The minimum Gasteiger partial charge on any atom is -0.373 e. The molecule has 56 valence electrons. The van der Waals surface area contributed by atoms with Gasteiger partial charge < -0.3 is 5.32 Å². The highest BCUT2D eigenvalue weighted by Gasteiger charge is 1.95. The van der Waals surface area contributed by atoms with Crippen LogP contribution < -0.4 is 5.32 Å². The summed E-state index contributed by atoms with van der Waals surface area (Å²) in [5.74, 6) is 0.860. The molecule has 2 rings (SSSR count). The van der Waals surface area contributed by atoms with E-state index in [0.29, 0.717) is 0 Å². The standard InChI is InChI=1S/C7H8N4/c1-8-7-2-5-3-10-11-6(5)4-9-7/h2-4H,1H3,(H,8,9)(H,10,11). The molecule has 0 radical (unpaired) electrons. The van der Waals surface area contributed by atoms with Gasteiger partial charge in [0, 0.05) is 12.4 Å². The zero-order chi connectivity index (χ0) is 7.68. The number of rotatable bonds is 1. The van der Waals surface area contributed by atoms with Gasteiger partial charge >= 0.3 is 0 Å². The molecule has 0 atom stereocenters. The van der Waals surface area contributed by atoms with Gasteiger partial charge in [-0.2, -0.15) is 5.10 Å². The molecule has 0 aliphatic carbocycles. The SMILES string of the molecule is CNc1cc2cn[nH]c2cn1. The fraction of sp³-hybridized carbons (Fsp3) is 0.143. The maximum Gasteiger partial charge on any atom is 0.126 e. The highest BCUT2D eigenvalue weighted by atomic mass is 15.1. The van der Waals surface area contributed by atoms with Crippen LogP contribution in [-0.2, 0) is 0 Å². The smallest absolute Gasteiger partial charge is 0.126 e. The maximum absolute atomic E-state index is 4.12. The summed E-state index contributed by atoms with van der Waals surface area (Å²) >= 11 is 0. The van der Waals surface area contributed by atoms with Crippen LogP contribution in [0.5, 0.6) is 0 Å². The number of nitrogens with zero attached hydrogens (tertiary/aromatic N) is 2. The second-order valence-corrected chi connectivity index (χ2v) is 2.28. The number of fused-ring (bicyclic) bond motifs is 1. The van der Waals surface area contributed by atoms with Gasteiger partial charge in [0.25, 0.3) is 0 Å². The van der Waals surface area contributed by atoms with Crippen molar-refractivity contribution >= 4 is 16.7 Å². The molecular weight excluding hydrogens is 140 g/mol. The van der Waals surface area contributed by atoms with Crippen molar-refractivity contribution in [1.29, 1.82) is 0 Å². The summed E-state index contributed by atoms with van der Waals surface area (Å²) in [6.07, 6.45) is 3.53. The first-order chi connectivity index (χ1) is 5.40. The third-order valence-corrected chi connectivity index (χ3v) is 1.58. The molecule has 4 heteroatoms. The average Bonchev–Trinajstić information content (AvgIpc) is 2.50. The molecule has 11 heavy (non-hydrogen) atoms. The molecule has 2 heterocycles. The van der Waals surface area contributed by atoms with Crippen molar-refractivity contribution in [2.24, 2.45) is 0 Å². The zero-order valence-corrected chi connectivity index (χ0v) is 6.13. The lowest BCUT2D eigenvalue weighted by Crippen LogP contribution is -1.90. The minimum atomic E-state index is 0.860. The molecule has 0 amide bonds. The van der Waals surface area contributed by atoms with Crippen LogP contribution in [0.4, 0.5) is 5.82 Å². The van der Waals surface area contributed by atoms with Gasteiger partial charge in [-0.3, -0.25) is 5.10 Å². The molecule has 2 aromatic heterocycles. The molecule has 0 aliphatic heterocycles. The van der Waals surface area contributed by atoms with Crippen LogP contribution >= 0.6 is 0 Å². The number of anilines is 1. The molecule has 0 saturated heterocycles. The molecule has 0 unspecified atom stereocenters. The number of aromatic amines is 1. The molecule has 4 nitrogen and oxygen atoms in total. The Morgan fingerprint density at radius 3 is 3.18 bits per heavy atom. The molecule has 0 bridgehead atoms. The van der Waals surface area contributed by atoms with E-state index in [0.717, 1.165) is 16.7 Å². The quantitative estimate of drug-likeness (QED) is 0.634. The Hall–Kier alpha value is -1.58. The van der Waals surface area contributed by atoms with Crippen LogP contribution in [0.15, 0.2) is 18.5 Å². The average molecular weight is 148 g/mol. The van der Waals surface area contributed by atoms with E-state index in [1.54, 1.807) is 12.4 Å². The lowest BCUT2D eigenvalue weighted by atomic mass is 10.3. The van der Waals surface area contributed by atoms with Gasteiger partial charge in [0.05, 0.1) is 17.9 Å². The van der Waals surface area contributed by atoms with E-state index in [4.69, 9.17) is 0 Å². The zero-order valence-electron chi connectivity index (χ0n) is 6.13. The van der Waals surface area contributed by atoms with E-state index in [1.807, 2.05) is 13.1 Å². The van der Waals surface area contributed by atoms with Crippen molar-refractivity contribution in [1.82, 2.24) is 15.2 Å². The van der Waals surface area contributed by atoms with Crippen molar-refractivity contribution in [3.05, 3.63) is 18.5 Å². The van der Waals surface area contributed by atoms with Crippen LogP contribution in [0.3, 0.4) is 0 Å². The summed E-state index contributed by atoms with van der Waals surface area (Å²) in [6, 6.07) is 1.94. The first-order valence-electron chi connectivity index (χ1n) is 3.37. The molecular formula is C7H8N4. The van der Waals surface area contributed by atoms with Gasteiger partial charge in [0.2, 0.25) is 0 Å². The fourth-order valence-electron chi connectivity index (χ4n) is 0.979. The molecule has 0 spiro atoms. The summed E-state index contributed by atoms with van der Waals surface area (Å²) in [7, 11) is 1.84. The Morgan fingerprint density at radius 1 is 1.45 bits per heavy atom. The van der Waals surface area contributed by atoms with Crippen LogP contribution in [0.2, 0.25) is 0 Å². The topological polar surface area (TPSA) is 53.6 Å². The monoisotopic (exact) mass is 148 g/mol. The first-order valence-corrected chi connectivity index (χ1v) is 3.37. The first kappa shape index (κ1) is 6.15. The molecule has 0 saturated carbocycles. The van der Waals surface area contributed by atoms with E-state index >= 15 is 0 Å². The third kappa shape index (κ3) is 0.920. The van der Waals surface area contributed by atoms with Crippen LogP contribution in [0.1, 0.15) is 0 Å². The summed E-state index contributed by atoms with van der Waals surface area (Å²) in [5.41, 5.74) is 0.962. The van der Waals surface area contributed by atoms with Crippen molar-refractivity contribution in [2.75, 3.05) is 12.4 Å². The Labute approximate surface area is 63.6 Å². The summed E-state index contributed by atoms with van der Waals surface area (Å²) in [5, 5.41) is 10.7. The van der Waals surface area contributed by atoms with Crippen LogP contribution in [-0.4, -0.2) is 22.2 Å². The van der Waals surface area contributed by atoms with E-state index in [2.05, 4.69) is 20.5 Å². The number of hydrogen-bond acceptors (Lipinski definition) is 3. The van der Waals surface area contributed by atoms with E-state index in [9.17, 15) is 0 Å². The maximum atomic E-state index is 4.12. The van der Waals surface area contributed by atoms with E-state index in [1.165, 1.54) is 0 Å². The van der Waals surface area contributed by atoms with Crippen LogP contribution in [0.25, 0.3) is 10.9 Å². The number of pyridine rings is 1. The highest BCUT2D eigenvalue weighted by Crippen LogP contribution is 2.12. The Balaban J connectivity index is 2.67. The van der Waals surface area contributed by atoms with E-state index < -0.39 is 0 Å². The van der Waals surface area contributed by atoms with Gasteiger partial charge in [0.1, 0.15) is 5.82 Å². The Morgan fingerprint density at radius 2 is 2.36 bits per heavy atom. The van der Waals surface area contributed by atoms with Gasteiger partial charge in [-0.1, -0.05) is 0 Å². The van der Waals surface area contributed by atoms with Gasteiger partial charge in [-0.15, -0.1) is 0 Å².